The van der Waals surface area contributed by atoms with Gasteiger partial charge in [-0.2, -0.15) is 149 Å². The summed E-state index contributed by atoms with van der Waals surface area (Å²) in [6, 6.07) is 0. The van der Waals surface area contributed by atoms with Crippen LogP contribution in [-0.2, 0) is 19.1 Å². The van der Waals surface area contributed by atoms with Crippen LogP contribution in [0.3, 0.4) is 0 Å². The second-order valence-corrected chi connectivity index (χ2v) is 12.2. The molecule has 4 nitrogen and oxygen atoms in total. The van der Waals surface area contributed by atoms with Gasteiger partial charge in [-0.05, 0) is 6.42 Å². The molecule has 0 fully saturated rings. The summed E-state index contributed by atoms with van der Waals surface area (Å²) in [7, 11) is 0. The maximum Gasteiger partial charge on any atom is 0.460 e. The second-order valence-electron chi connectivity index (χ2n) is 12.2. The fraction of sp³-hybridized carbons (Fsp3) is 0.846. The fourth-order valence-corrected chi connectivity index (χ4v) is 3.92. The van der Waals surface area contributed by atoms with Crippen LogP contribution in [0.25, 0.3) is 0 Å². The average Bonchev–Trinajstić information content (AvgIpc) is 3.08. The highest BCUT2D eigenvalue weighted by Crippen LogP contribution is 2.66. The first-order valence-corrected chi connectivity index (χ1v) is 14.8. The summed E-state index contributed by atoms with van der Waals surface area (Å²) in [6.45, 7) is -2.88. The zero-order valence-electron chi connectivity index (χ0n) is 28.9. The molecule has 0 aromatic rings. The Hall–Kier alpha value is -3.70. The lowest BCUT2D eigenvalue weighted by molar-refractivity contribution is -0.461. The highest BCUT2D eigenvalue weighted by Gasteiger charge is 2.97. The summed E-state index contributed by atoms with van der Waals surface area (Å²) in [5.74, 6) is -128. The van der Waals surface area contributed by atoms with Crippen LogP contribution in [0.15, 0.2) is 12.7 Å². The number of ether oxygens (including phenoxy) is 2. The fourth-order valence-electron chi connectivity index (χ4n) is 3.92. The van der Waals surface area contributed by atoms with Crippen molar-refractivity contribution in [1.82, 2.24) is 0 Å². The van der Waals surface area contributed by atoms with Gasteiger partial charge >= 0.3 is 107 Å². The van der Waals surface area contributed by atoms with E-state index in [1.807, 2.05) is 0 Å². The quantitative estimate of drug-likeness (QED) is 0.0469. The molecule has 380 valence electrons. The van der Waals surface area contributed by atoms with Crippen molar-refractivity contribution in [2.75, 3.05) is 13.2 Å². The molecule has 0 bridgehead atoms. The van der Waals surface area contributed by atoms with E-state index in [0.29, 0.717) is 0 Å². The second kappa shape index (κ2) is 16.9. The Morgan fingerprint density at radius 1 is 0.344 bits per heavy atom. The highest BCUT2D eigenvalue weighted by molar-refractivity contribution is 5.95. The van der Waals surface area contributed by atoms with Crippen molar-refractivity contribution in [3.05, 3.63) is 12.7 Å². The van der Waals surface area contributed by atoms with Crippen LogP contribution >= 0.6 is 0 Å². The van der Waals surface area contributed by atoms with Crippen molar-refractivity contribution >= 4 is 11.9 Å². The van der Waals surface area contributed by atoms with Crippen molar-refractivity contribution in [2.45, 2.75) is 115 Å². The molecule has 0 radical (unpaired) electrons. The predicted molar refractivity (Wildman–Crippen MR) is 131 cm³/mol. The molecular weight excluding hydrogens is 1020 g/mol. The smallest absolute Gasteiger partial charge is 0.460 e. The Labute approximate surface area is 327 Å². The molecule has 0 spiro atoms. The SMILES string of the molecule is C=CCC(C(=O)OCCC(F)(F)C(F)(F)C(F)(F)C(F)(F)C(F)(F)C(F)(F)C(F)(F)C(F)(F)F)C(=O)OCCC(F)(F)C(F)(F)C(F)(F)C(F)(F)C(F)(F)C(F)(F)C(F)(F)C(F)(F)F. The zero-order chi connectivity index (χ0) is 52.4. The number of carbonyl (C=O) groups is 2. The average molecular weight is 1040 g/mol. The van der Waals surface area contributed by atoms with E-state index in [9.17, 15) is 159 Å². The highest BCUT2D eigenvalue weighted by atomic mass is 19.4. The third-order valence-corrected chi connectivity index (χ3v) is 7.87. The van der Waals surface area contributed by atoms with E-state index in [0.717, 1.165) is 0 Å². The van der Waals surface area contributed by atoms with Gasteiger partial charge in [-0.15, -0.1) is 6.58 Å². The number of halogens is 34. The molecule has 64 heavy (non-hydrogen) atoms. The topological polar surface area (TPSA) is 52.6 Å². The molecular formula is C26H14F34O4. The molecule has 0 aliphatic carbocycles. The molecule has 38 heteroatoms. The van der Waals surface area contributed by atoms with Crippen molar-refractivity contribution in [3.8, 4) is 0 Å². The van der Waals surface area contributed by atoms with Gasteiger partial charge < -0.3 is 9.47 Å². The lowest BCUT2D eigenvalue weighted by atomic mass is 9.88. The number of hydrogen-bond donors (Lipinski definition) is 0. The zero-order valence-corrected chi connectivity index (χ0v) is 28.9. The van der Waals surface area contributed by atoms with E-state index in [4.69, 9.17) is 0 Å². The van der Waals surface area contributed by atoms with Crippen LogP contribution in [0, 0.1) is 5.92 Å². The normalized spacial score (nSPS) is 16.0. The first-order valence-electron chi connectivity index (χ1n) is 14.8. The molecule has 0 aliphatic heterocycles. The standard InChI is InChI=1S/C26H14F34O4/c1-2-3-8(9(61)63-6-4-11(27,28)13(31,32)15(35,36)17(39,40)19(43,44)21(47,48)23(51,52)25(55,56)57)10(62)64-7-5-12(29,30)14(33,34)16(37,38)18(41,42)20(45,46)22(49,50)24(53,54)26(58,59)60/h2,8H,1,3-7H2. The first-order chi connectivity index (χ1) is 27.5. The molecule has 0 unspecified atom stereocenters. The van der Waals surface area contributed by atoms with Gasteiger partial charge in [-0.1, -0.05) is 6.08 Å². The van der Waals surface area contributed by atoms with Gasteiger partial charge in [0, 0.05) is 0 Å². The van der Waals surface area contributed by atoms with Gasteiger partial charge in [0.25, 0.3) is 0 Å². The summed E-state index contributed by atoms with van der Waals surface area (Å²) >= 11 is 0. The van der Waals surface area contributed by atoms with Gasteiger partial charge in [0.05, 0.1) is 26.1 Å². The Morgan fingerprint density at radius 3 is 0.719 bits per heavy atom. The van der Waals surface area contributed by atoms with Crippen molar-refractivity contribution < 1.29 is 168 Å². The number of alkyl halides is 34. The van der Waals surface area contributed by atoms with Crippen LogP contribution in [0.4, 0.5) is 149 Å². The molecule has 0 atom stereocenters. The Balaban J connectivity index is 6.32. The first kappa shape index (κ1) is 60.3. The summed E-state index contributed by atoms with van der Waals surface area (Å²) in [4.78, 5) is 24.1. The van der Waals surface area contributed by atoms with Gasteiger partial charge in [0.1, 0.15) is 0 Å². The number of esters is 2. The molecule has 0 N–H and O–H groups in total. The molecule has 0 aromatic carbocycles. The van der Waals surface area contributed by atoms with E-state index in [-0.39, 0.29) is 6.08 Å². The summed E-state index contributed by atoms with van der Waals surface area (Å²) in [5.41, 5.74) is 0. The van der Waals surface area contributed by atoms with Gasteiger partial charge in [0.15, 0.2) is 5.92 Å². The summed E-state index contributed by atoms with van der Waals surface area (Å²) in [5, 5.41) is 0. The molecule has 0 saturated carbocycles. The van der Waals surface area contributed by atoms with Crippen LogP contribution in [0.5, 0.6) is 0 Å². The van der Waals surface area contributed by atoms with Crippen molar-refractivity contribution in [2.24, 2.45) is 5.92 Å². The minimum absolute atomic E-state index is 0.209. The van der Waals surface area contributed by atoms with Gasteiger partial charge in [0.2, 0.25) is 0 Å². The van der Waals surface area contributed by atoms with Crippen LogP contribution < -0.4 is 0 Å². The summed E-state index contributed by atoms with van der Waals surface area (Å²) < 4.78 is 462. The van der Waals surface area contributed by atoms with E-state index >= 15 is 0 Å². The van der Waals surface area contributed by atoms with E-state index in [1.54, 1.807) is 0 Å². The van der Waals surface area contributed by atoms with Crippen LogP contribution in [0.2, 0.25) is 0 Å². The largest absolute Gasteiger partial charge is 0.465 e. The van der Waals surface area contributed by atoms with Crippen LogP contribution in [-0.4, -0.2) is 120 Å². The number of allylic oxidation sites excluding steroid dienone is 1. The number of hydrogen-bond acceptors (Lipinski definition) is 4. The minimum Gasteiger partial charge on any atom is -0.465 e. The van der Waals surface area contributed by atoms with Crippen LogP contribution in [0.1, 0.15) is 19.3 Å². The predicted octanol–water partition coefficient (Wildman–Crippen LogP) is 12.1. The monoisotopic (exact) mass is 1040 g/mol. The number of rotatable bonds is 22. The number of carbonyl (C=O) groups excluding carboxylic acids is 2. The molecule has 0 aromatic heterocycles. The Bertz CT molecular complexity index is 1550. The molecule has 0 aliphatic rings. The van der Waals surface area contributed by atoms with E-state index in [1.165, 1.54) is 0 Å². The van der Waals surface area contributed by atoms with Crippen molar-refractivity contribution in [3.63, 3.8) is 0 Å². The molecule has 0 amide bonds. The van der Waals surface area contributed by atoms with E-state index < -0.39 is 146 Å². The summed E-state index contributed by atoms with van der Waals surface area (Å²) in [6.07, 6.45) is -24.5. The molecule has 0 rings (SSSR count). The third-order valence-electron chi connectivity index (χ3n) is 7.87. The van der Waals surface area contributed by atoms with Gasteiger partial charge in [-0.25, -0.2) is 0 Å². The van der Waals surface area contributed by atoms with E-state index in [2.05, 4.69) is 16.1 Å². The lowest BCUT2D eigenvalue weighted by Gasteiger charge is -2.42. The Kier molecular flexibility index (Phi) is 15.9. The third kappa shape index (κ3) is 8.82. The molecule has 0 heterocycles. The minimum atomic E-state index is -9.04. The van der Waals surface area contributed by atoms with Crippen molar-refractivity contribution in [1.29, 1.82) is 0 Å². The maximum atomic E-state index is 14.0. The maximum absolute atomic E-state index is 14.0. The lowest BCUT2D eigenvalue weighted by Crippen LogP contribution is -2.74. The Morgan fingerprint density at radius 2 is 0.531 bits per heavy atom. The van der Waals surface area contributed by atoms with Gasteiger partial charge in [-0.3, -0.25) is 9.59 Å². The molecule has 0 saturated heterocycles.